The van der Waals surface area contributed by atoms with Crippen molar-refractivity contribution in [2.75, 3.05) is 31.1 Å². The number of benzene rings is 1. The van der Waals surface area contributed by atoms with Crippen LogP contribution in [0.1, 0.15) is 0 Å². The van der Waals surface area contributed by atoms with Crippen LogP contribution in [-0.2, 0) is 0 Å². The number of fused-ring (bicyclic) bond motifs is 1. The Labute approximate surface area is 99.3 Å². The average molecular weight is 231 g/mol. The van der Waals surface area contributed by atoms with E-state index in [1.54, 1.807) is 6.07 Å². The highest BCUT2D eigenvalue weighted by molar-refractivity contribution is 5.80. The van der Waals surface area contributed by atoms with Gasteiger partial charge in [-0.2, -0.15) is 0 Å². The topological polar surface area (TPSA) is 28.2 Å². The van der Waals surface area contributed by atoms with Gasteiger partial charge in [-0.25, -0.2) is 9.37 Å². The van der Waals surface area contributed by atoms with Crippen molar-refractivity contribution in [3.8, 4) is 0 Å². The highest BCUT2D eigenvalue weighted by Gasteiger charge is 2.12. The van der Waals surface area contributed by atoms with Crippen molar-refractivity contribution in [1.82, 2.24) is 10.3 Å². The number of anilines is 1. The molecule has 88 valence electrons. The Balaban J connectivity index is 2.03. The first-order valence-electron chi connectivity index (χ1n) is 5.85. The van der Waals surface area contributed by atoms with E-state index in [9.17, 15) is 4.39 Å². The lowest BCUT2D eigenvalue weighted by atomic mass is 10.2. The van der Waals surface area contributed by atoms with Crippen LogP contribution in [0.25, 0.3) is 10.9 Å². The molecule has 3 nitrogen and oxygen atoms in total. The van der Waals surface area contributed by atoms with Gasteiger partial charge in [-0.1, -0.05) is 12.1 Å². The lowest BCUT2D eigenvalue weighted by molar-refractivity contribution is 0.585. The normalized spacial score (nSPS) is 16.4. The quantitative estimate of drug-likeness (QED) is 0.811. The van der Waals surface area contributed by atoms with Gasteiger partial charge in [0.25, 0.3) is 0 Å². The maximum absolute atomic E-state index is 13.6. The van der Waals surface area contributed by atoms with E-state index in [2.05, 4.69) is 15.2 Å². The van der Waals surface area contributed by atoms with E-state index >= 15 is 0 Å². The van der Waals surface area contributed by atoms with Gasteiger partial charge >= 0.3 is 0 Å². The van der Waals surface area contributed by atoms with E-state index in [4.69, 9.17) is 0 Å². The van der Waals surface area contributed by atoms with Crippen molar-refractivity contribution in [2.45, 2.75) is 0 Å². The van der Waals surface area contributed by atoms with Crippen LogP contribution in [0.3, 0.4) is 0 Å². The molecule has 0 amide bonds. The average Bonchev–Trinajstić information content (AvgIpc) is 2.40. The Kier molecular flexibility index (Phi) is 2.65. The standard InChI is InChI=1S/C13H14FN3/c14-11-3-1-2-10-4-5-12(16-13(10)11)17-8-6-15-7-9-17/h1-5,15H,6-9H2. The Morgan fingerprint density at radius 2 is 1.94 bits per heavy atom. The minimum Gasteiger partial charge on any atom is -0.354 e. The zero-order valence-corrected chi connectivity index (χ0v) is 9.49. The predicted molar refractivity (Wildman–Crippen MR) is 66.8 cm³/mol. The summed E-state index contributed by atoms with van der Waals surface area (Å²) >= 11 is 0. The third-order valence-corrected chi connectivity index (χ3v) is 3.10. The van der Waals surface area contributed by atoms with Gasteiger partial charge in [0.1, 0.15) is 17.2 Å². The first kappa shape index (κ1) is 10.5. The van der Waals surface area contributed by atoms with Crippen LogP contribution < -0.4 is 10.2 Å². The molecule has 0 bridgehead atoms. The largest absolute Gasteiger partial charge is 0.354 e. The van der Waals surface area contributed by atoms with Gasteiger partial charge in [0.2, 0.25) is 0 Å². The van der Waals surface area contributed by atoms with Crippen molar-refractivity contribution in [3.63, 3.8) is 0 Å². The van der Waals surface area contributed by atoms with Crippen LogP contribution in [0.2, 0.25) is 0 Å². The third kappa shape index (κ3) is 1.96. The molecule has 1 fully saturated rings. The zero-order valence-electron chi connectivity index (χ0n) is 9.49. The Morgan fingerprint density at radius 1 is 1.12 bits per heavy atom. The number of pyridine rings is 1. The number of nitrogens with zero attached hydrogens (tertiary/aromatic N) is 2. The summed E-state index contributed by atoms with van der Waals surface area (Å²) < 4.78 is 13.6. The second-order valence-corrected chi connectivity index (χ2v) is 4.22. The van der Waals surface area contributed by atoms with Crippen LogP contribution in [-0.4, -0.2) is 31.2 Å². The molecule has 2 heterocycles. The molecule has 0 unspecified atom stereocenters. The fraction of sp³-hybridized carbons (Fsp3) is 0.308. The lowest BCUT2D eigenvalue weighted by Gasteiger charge is -2.28. The summed E-state index contributed by atoms with van der Waals surface area (Å²) in [6.45, 7) is 3.76. The molecular weight excluding hydrogens is 217 g/mol. The molecule has 1 aromatic carbocycles. The van der Waals surface area contributed by atoms with E-state index in [-0.39, 0.29) is 5.82 Å². The molecule has 0 aliphatic carbocycles. The molecule has 0 atom stereocenters. The maximum atomic E-state index is 13.6. The van der Waals surface area contributed by atoms with E-state index in [1.165, 1.54) is 6.07 Å². The first-order valence-corrected chi connectivity index (χ1v) is 5.85. The van der Waals surface area contributed by atoms with Crippen molar-refractivity contribution >= 4 is 16.7 Å². The zero-order chi connectivity index (χ0) is 11.7. The summed E-state index contributed by atoms with van der Waals surface area (Å²) in [6, 6.07) is 8.95. The van der Waals surface area contributed by atoms with Gasteiger partial charge in [0.05, 0.1) is 0 Å². The number of nitrogens with one attached hydrogen (secondary N) is 1. The predicted octanol–water partition coefficient (Wildman–Crippen LogP) is 1.78. The molecule has 1 aliphatic rings. The minimum absolute atomic E-state index is 0.250. The number of hydrogen-bond donors (Lipinski definition) is 1. The smallest absolute Gasteiger partial charge is 0.149 e. The molecule has 1 saturated heterocycles. The van der Waals surface area contributed by atoms with Crippen molar-refractivity contribution < 1.29 is 4.39 Å². The molecule has 1 aromatic heterocycles. The number of rotatable bonds is 1. The van der Waals surface area contributed by atoms with E-state index < -0.39 is 0 Å². The summed E-state index contributed by atoms with van der Waals surface area (Å²) in [7, 11) is 0. The number of piperazine rings is 1. The molecule has 3 rings (SSSR count). The van der Waals surface area contributed by atoms with Gasteiger partial charge in [-0.05, 0) is 18.2 Å². The number of hydrogen-bond acceptors (Lipinski definition) is 3. The monoisotopic (exact) mass is 231 g/mol. The number of halogens is 1. The molecule has 4 heteroatoms. The summed E-state index contributed by atoms with van der Waals surface area (Å²) in [5.41, 5.74) is 0.462. The molecule has 1 N–H and O–H groups in total. The number of para-hydroxylation sites is 1. The second kappa shape index (κ2) is 4.30. The summed E-state index contributed by atoms with van der Waals surface area (Å²) in [4.78, 5) is 6.60. The molecule has 0 radical (unpaired) electrons. The Morgan fingerprint density at radius 3 is 2.76 bits per heavy atom. The van der Waals surface area contributed by atoms with Gasteiger partial charge < -0.3 is 10.2 Å². The SMILES string of the molecule is Fc1cccc2ccc(N3CCNCC3)nc12. The van der Waals surface area contributed by atoms with Crippen LogP contribution in [0.4, 0.5) is 10.2 Å². The fourth-order valence-corrected chi connectivity index (χ4v) is 2.17. The van der Waals surface area contributed by atoms with Crippen molar-refractivity contribution in [1.29, 1.82) is 0 Å². The molecule has 2 aromatic rings. The minimum atomic E-state index is -0.250. The van der Waals surface area contributed by atoms with Gasteiger partial charge in [0, 0.05) is 31.6 Å². The van der Waals surface area contributed by atoms with Crippen LogP contribution in [0, 0.1) is 5.82 Å². The molecular formula is C13H14FN3. The Bertz CT molecular complexity index is 535. The van der Waals surface area contributed by atoms with Gasteiger partial charge in [-0.3, -0.25) is 0 Å². The summed E-state index contributed by atoms with van der Waals surface area (Å²) in [5, 5.41) is 4.14. The lowest BCUT2D eigenvalue weighted by Crippen LogP contribution is -2.43. The third-order valence-electron chi connectivity index (χ3n) is 3.10. The van der Waals surface area contributed by atoms with E-state index in [0.717, 1.165) is 37.4 Å². The van der Waals surface area contributed by atoms with Crippen molar-refractivity contribution in [3.05, 3.63) is 36.1 Å². The first-order chi connectivity index (χ1) is 8.34. The maximum Gasteiger partial charge on any atom is 0.149 e. The Hall–Kier alpha value is -1.68. The van der Waals surface area contributed by atoms with Gasteiger partial charge in [0.15, 0.2) is 0 Å². The summed E-state index contributed by atoms with van der Waals surface area (Å²) in [6.07, 6.45) is 0. The molecule has 1 aliphatic heterocycles. The highest BCUT2D eigenvalue weighted by atomic mass is 19.1. The molecule has 0 saturated carbocycles. The molecule has 17 heavy (non-hydrogen) atoms. The van der Waals surface area contributed by atoms with Crippen molar-refractivity contribution in [2.24, 2.45) is 0 Å². The molecule has 0 spiro atoms. The highest BCUT2D eigenvalue weighted by Crippen LogP contribution is 2.20. The van der Waals surface area contributed by atoms with Gasteiger partial charge in [-0.15, -0.1) is 0 Å². The fourth-order valence-electron chi connectivity index (χ4n) is 2.17. The second-order valence-electron chi connectivity index (χ2n) is 4.22. The van der Waals surface area contributed by atoms with Crippen LogP contribution >= 0.6 is 0 Å². The van der Waals surface area contributed by atoms with E-state index in [1.807, 2.05) is 18.2 Å². The summed E-state index contributed by atoms with van der Waals surface area (Å²) in [5.74, 6) is 0.614. The van der Waals surface area contributed by atoms with E-state index in [0.29, 0.717) is 5.52 Å². The number of aromatic nitrogens is 1. The van der Waals surface area contributed by atoms with Crippen LogP contribution in [0.5, 0.6) is 0 Å². The van der Waals surface area contributed by atoms with Crippen LogP contribution in [0.15, 0.2) is 30.3 Å².